The number of hydrogen-bond donors (Lipinski definition) is 1. The minimum atomic E-state index is -0.321. The van der Waals surface area contributed by atoms with E-state index >= 15 is 0 Å². The molecule has 1 atom stereocenters. The van der Waals surface area contributed by atoms with Crippen molar-refractivity contribution in [3.63, 3.8) is 0 Å². The average Bonchev–Trinajstić information content (AvgIpc) is 2.57. The van der Waals surface area contributed by atoms with E-state index in [0.717, 1.165) is 9.35 Å². The Labute approximate surface area is 104 Å². The molecule has 0 saturated carbocycles. The highest BCUT2D eigenvalue weighted by Crippen LogP contribution is 2.38. The molecule has 0 bridgehead atoms. The number of nitrogens with zero attached hydrogens (tertiary/aromatic N) is 2. The van der Waals surface area contributed by atoms with Gasteiger partial charge in [-0.15, -0.1) is 11.3 Å². The standard InChI is InChI=1S/C8H7BrClN3OS/c1-13-5(7(11)12-8(13)14)4-2-3(9)6(10)15-4/h2,5H,1H3,(H2,11,12,14). The Morgan fingerprint density at radius 3 is 2.80 bits per heavy atom. The van der Waals surface area contributed by atoms with Crippen LogP contribution in [-0.4, -0.2) is 23.8 Å². The molecule has 0 aromatic carbocycles. The molecular weight excluding hydrogens is 302 g/mol. The fourth-order valence-corrected chi connectivity index (χ4v) is 3.29. The van der Waals surface area contributed by atoms with Gasteiger partial charge in [0.1, 0.15) is 16.2 Å². The number of amidine groups is 1. The molecule has 0 saturated heterocycles. The summed E-state index contributed by atoms with van der Waals surface area (Å²) in [4.78, 5) is 17.4. The number of rotatable bonds is 1. The van der Waals surface area contributed by atoms with Crippen molar-refractivity contribution in [3.8, 4) is 0 Å². The lowest BCUT2D eigenvalue weighted by Gasteiger charge is -2.17. The van der Waals surface area contributed by atoms with Crippen LogP contribution in [0.1, 0.15) is 10.9 Å². The van der Waals surface area contributed by atoms with Crippen molar-refractivity contribution in [1.29, 1.82) is 0 Å². The van der Waals surface area contributed by atoms with Gasteiger partial charge >= 0.3 is 6.03 Å². The van der Waals surface area contributed by atoms with Crippen molar-refractivity contribution in [3.05, 3.63) is 19.8 Å². The molecule has 0 fully saturated rings. The predicted octanol–water partition coefficient (Wildman–Crippen LogP) is 2.63. The molecule has 15 heavy (non-hydrogen) atoms. The monoisotopic (exact) mass is 307 g/mol. The van der Waals surface area contributed by atoms with Crippen LogP contribution in [0.3, 0.4) is 0 Å². The SMILES string of the molecule is CN1C(=O)N=C(N)C1c1cc(Br)c(Cl)s1. The van der Waals surface area contributed by atoms with E-state index in [-0.39, 0.29) is 12.1 Å². The van der Waals surface area contributed by atoms with Crippen LogP contribution in [0.2, 0.25) is 4.34 Å². The van der Waals surface area contributed by atoms with Gasteiger partial charge in [0.25, 0.3) is 0 Å². The van der Waals surface area contributed by atoms with Gasteiger partial charge < -0.3 is 10.6 Å². The Kier molecular flexibility index (Phi) is 2.74. The van der Waals surface area contributed by atoms with E-state index in [9.17, 15) is 4.79 Å². The summed E-state index contributed by atoms with van der Waals surface area (Å²) in [6.07, 6.45) is 0. The largest absolute Gasteiger partial charge is 0.385 e. The Balaban J connectivity index is 2.40. The molecule has 7 heteroatoms. The first-order valence-corrected chi connectivity index (χ1v) is 6.05. The number of carbonyl (C=O) groups is 1. The van der Waals surface area contributed by atoms with Gasteiger partial charge in [0.15, 0.2) is 0 Å². The summed E-state index contributed by atoms with van der Waals surface area (Å²) in [7, 11) is 1.66. The van der Waals surface area contributed by atoms with Crippen molar-refractivity contribution in [2.24, 2.45) is 10.7 Å². The highest BCUT2D eigenvalue weighted by Gasteiger charge is 2.33. The van der Waals surface area contributed by atoms with E-state index < -0.39 is 0 Å². The van der Waals surface area contributed by atoms with Crippen molar-refractivity contribution in [1.82, 2.24) is 4.90 Å². The zero-order valence-corrected chi connectivity index (χ0v) is 10.9. The number of nitrogens with two attached hydrogens (primary N) is 1. The van der Waals surface area contributed by atoms with Gasteiger partial charge in [0.2, 0.25) is 0 Å². The Morgan fingerprint density at radius 2 is 2.40 bits per heavy atom. The first-order chi connectivity index (χ1) is 7.00. The molecule has 1 aromatic heterocycles. The molecule has 2 heterocycles. The zero-order chi connectivity index (χ0) is 11.2. The molecule has 1 aliphatic rings. The quantitative estimate of drug-likeness (QED) is 0.867. The van der Waals surface area contributed by atoms with Crippen LogP contribution in [0.5, 0.6) is 0 Å². The average molecular weight is 309 g/mol. The minimum Gasteiger partial charge on any atom is -0.385 e. The molecule has 2 N–H and O–H groups in total. The van der Waals surface area contributed by atoms with Gasteiger partial charge in [-0.3, -0.25) is 0 Å². The van der Waals surface area contributed by atoms with E-state index in [2.05, 4.69) is 20.9 Å². The predicted molar refractivity (Wildman–Crippen MR) is 64.6 cm³/mol. The van der Waals surface area contributed by atoms with Gasteiger partial charge in [-0.1, -0.05) is 11.6 Å². The van der Waals surface area contributed by atoms with Crippen LogP contribution in [0.25, 0.3) is 0 Å². The van der Waals surface area contributed by atoms with E-state index in [1.807, 2.05) is 6.07 Å². The lowest BCUT2D eigenvalue weighted by molar-refractivity contribution is 0.219. The number of urea groups is 1. The van der Waals surface area contributed by atoms with Gasteiger partial charge in [-0.05, 0) is 22.0 Å². The molecule has 0 radical (unpaired) electrons. The number of likely N-dealkylation sites (N-methyl/N-ethyl adjacent to an activating group) is 1. The summed E-state index contributed by atoms with van der Waals surface area (Å²) >= 11 is 10.6. The molecule has 1 aliphatic heterocycles. The maximum Gasteiger partial charge on any atom is 0.345 e. The van der Waals surface area contributed by atoms with Crippen LogP contribution >= 0.6 is 38.9 Å². The van der Waals surface area contributed by atoms with Crippen molar-refractivity contribution in [2.45, 2.75) is 6.04 Å². The molecule has 1 aromatic rings. The van der Waals surface area contributed by atoms with Crippen LogP contribution in [-0.2, 0) is 0 Å². The van der Waals surface area contributed by atoms with Crippen LogP contribution < -0.4 is 5.73 Å². The molecular formula is C8H7BrClN3OS. The third kappa shape index (κ3) is 1.77. The normalized spacial score (nSPS) is 21.0. The van der Waals surface area contributed by atoms with E-state index in [0.29, 0.717) is 10.2 Å². The van der Waals surface area contributed by atoms with Gasteiger partial charge in [-0.25, -0.2) is 4.79 Å². The van der Waals surface area contributed by atoms with Crippen molar-refractivity contribution >= 4 is 50.7 Å². The topological polar surface area (TPSA) is 58.7 Å². The fourth-order valence-electron chi connectivity index (χ4n) is 1.39. The first kappa shape index (κ1) is 10.9. The summed E-state index contributed by atoms with van der Waals surface area (Å²) in [5, 5.41) is 0. The van der Waals surface area contributed by atoms with E-state index in [1.54, 1.807) is 7.05 Å². The summed E-state index contributed by atoms with van der Waals surface area (Å²) < 4.78 is 1.45. The fraction of sp³-hybridized carbons (Fsp3) is 0.250. The second-order valence-electron chi connectivity index (χ2n) is 3.10. The second-order valence-corrected chi connectivity index (χ2v) is 5.64. The highest BCUT2D eigenvalue weighted by atomic mass is 79.9. The maximum atomic E-state index is 11.3. The molecule has 80 valence electrons. The van der Waals surface area contributed by atoms with Crippen molar-refractivity contribution < 1.29 is 4.79 Å². The summed E-state index contributed by atoms with van der Waals surface area (Å²) in [5.41, 5.74) is 5.69. The third-order valence-electron chi connectivity index (χ3n) is 2.13. The van der Waals surface area contributed by atoms with Crippen LogP contribution in [0.15, 0.2) is 15.5 Å². The Bertz CT molecular complexity index is 439. The minimum absolute atomic E-state index is 0.286. The van der Waals surface area contributed by atoms with Gasteiger partial charge in [0.05, 0.1) is 0 Å². The number of carbonyl (C=O) groups excluding carboxylic acids is 1. The number of amides is 2. The van der Waals surface area contributed by atoms with Crippen LogP contribution in [0, 0.1) is 0 Å². The molecule has 2 amide bonds. The number of thiophene rings is 1. The Morgan fingerprint density at radius 1 is 1.73 bits per heavy atom. The summed E-state index contributed by atoms with van der Waals surface area (Å²) in [6, 6.07) is 1.25. The molecule has 1 unspecified atom stereocenters. The van der Waals surface area contributed by atoms with Gasteiger partial charge in [0, 0.05) is 16.4 Å². The van der Waals surface area contributed by atoms with E-state index in [1.165, 1.54) is 16.2 Å². The van der Waals surface area contributed by atoms with Gasteiger partial charge in [-0.2, -0.15) is 4.99 Å². The molecule has 0 spiro atoms. The maximum absolute atomic E-state index is 11.3. The zero-order valence-electron chi connectivity index (χ0n) is 7.70. The molecule has 2 rings (SSSR count). The molecule has 0 aliphatic carbocycles. The smallest absolute Gasteiger partial charge is 0.345 e. The number of aliphatic imine (C=N–C) groups is 1. The lowest BCUT2D eigenvalue weighted by atomic mass is 10.2. The van der Waals surface area contributed by atoms with E-state index in [4.69, 9.17) is 17.3 Å². The Hall–Kier alpha value is -0.590. The number of hydrogen-bond acceptors (Lipinski definition) is 3. The summed E-state index contributed by atoms with van der Waals surface area (Å²) in [6.45, 7) is 0. The molecule has 4 nitrogen and oxygen atoms in total. The number of halogens is 2. The second kappa shape index (κ2) is 3.77. The van der Waals surface area contributed by atoms with Crippen LogP contribution in [0.4, 0.5) is 4.79 Å². The highest BCUT2D eigenvalue weighted by molar-refractivity contribution is 9.10. The lowest BCUT2D eigenvalue weighted by Crippen LogP contribution is -2.29. The van der Waals surface area contributed by atoms with Crippen molar-refractivity contribution in [2.75, 3.05) is 7.05 Å². The summed E-state index contributed by atoms with van der Waals surface area (Å²) in [5.74, 6) is 0.313. The third-order valence-corrected chi connectivity index (χ3v) is 4.65. The first-order valence-electron chi connectivity index (χ1n) is 4.06.